The van der Waals surface area contributed by atoms with E-state index in [0.717, 1.165) is 13.0 Å². The first-order valence-electron chi connectivity index (χ1n) is 9.04. The van der Waals surface area contributed by atoms with E-state index in [2.05, 4.69) is 45.3 Å². The third kappa shape index (κ3) is 10.1. The maximum Gasteiger partial charge on any atom is 0.258 e. The van der Waals surface area contributed by atoms with Crippen LogP contribution in [0.2, 0.25) is 0 Å². The average molecular weight is 349 g/mol. The van der Waals surface area contributed by atoms with Crippen LogP contribution in [0.4, 0.5) is 0 Å². The molecule has 0 saturated carbocycles. The van der Waals surface area contributed by atoms with E-state index < -0.39 is 0 Å². The third-order valence-corrected chi connectivity index (χ3v) is 3.55. The van der Waals surface area contributed by atoms with Crippen molar-refractivity contribution in [2.45, 2.75) is 79.4 Å². The fraction of sp³-hybridized carbons (Fsp3) is 0.667. The van der Waals surface area contributed by atoms with Crippen LogP contribution in [0.25, 0.3) is 0 Å². The molecule has 1 rings (SSSR count). The molecule has 1 amide bonds. The van der Waals surface area contributed by atoms with Crippen LogP contribution in [-0.2, 0) is 11.3 Å². The van der Waals surface area contributed by atoms with E-state index in [1.807, 2.05) is 45.0 Å². The van der Waals surface area contributed by atoms with Crippen molar-refractivity contribution in [2.75, 3.05) is 6.61 Å². The predicted molar refractivity (Wildman–Crippen MR) is 105 cm³/mol. The Morgan fingerprint density at radius 2 is 1.52 bits per heavy atom. The molecule has 2 N–H and O–H groups in total. The smallest absolute Gasteiger partial charge is 0.258 e. The SMILES string of the molecule is CC(C)(C)CC(C)(C)NCc1ccc(OCC(=O)NC(C)(C)C)cc1. The monoisotopic (exact) mass is 348 g/mol. The highest BCUT2D eigenvalue weighted by atomic mass is 16.5. The van der Waals surface area contributed by atoms with Gasteiger partial charge in [0.1, 0.15) is 5.75 Å². The van der Waals surface area contributed by atoms with Crippen molar-refractivity contribution in [1.29, 1.82) is 0 Å². The van der Waals surface area contributed by atoms with Crippen LogP contribution >= 0.6 is 0 Å². The topological polar surface area (TPSA) is 50.4 Å². The van der Waals surface area contributed by atoms with Gasteiger partial charge in [-0.1, -0.05) is 32.9 Å². The highest BCUT2D eigenvalue weighted by Gasteiger charge is 2.24. The Labute approximate surface area is 153 Å². The van der Waals surface area contributed by atoms with Crippen molar-refractivity contribution in [3.63, 3.8) is 0 Å². The van der Waals surface area contributed by atoms with Gasteiger partial charge in [-0.25, -0.2) is 0 Å². The van der Waals surface area contributed by atoms with Gasteiger partial charge in [0, 0.05) is 17.6 Å². The molecule has 0 spiro atoms. The molecule has 0 aliphatic rings. The molecule has 0 bridgehead atoms. The Morgan fingerprint density at radius 1 is 0.960 bits per heavy atom. The number of carbonyl (C=O) groups is 1. The summed E-state index contributed by atoms with van der Waals surface area (Å²) in [6, 6.07) is 7.91. The summed E-state index contributed by atoms with van der Waals surface area (Å²) in [4.78, 5) is 11.8. The van der Waals surface area contributed by atoms with Gasteiger partial charge in [0.2, 0.25) is 0 Å². The second kappa shape index (κ2) is 8.22. The van der Waals surface area contributed by atoms with Crippen LogP contribution in [0.5, 0.6) is 5.75 Å². The Kier molecular flexibility index (Phi) is 7.07. The van der Waals surface area contributed by atoms with Gasteiger partial charge < -0.3 is 15.4 Å². The van der Waals surface area contributed by atoms with Crippen LogP contribution in [-0.4, -0.2) is 23.6 Å². The molecule has 4 nitrogen and oxygen atoms in total. The molecule has 0 atom stereocenters. The molecule has 0 saturated heterocycles. The maximum absolute atomic E-state index is 11.8. The minimum Gasteiger partial charge on any atom is -0.484 e. The second-order valence-corrected chi connectivity index (χ2v) is 9.71. The van der Waals surface area contributed by atoms with Crippen molar-refractivity contribution >= 4 is 5.91 Å². The predicted octanol–water partition coefficient (Wildman–Crippen LogP) is 4.28. The van der Waals surface area contributed by atoms with Crippen molar-refractivity contribution < 1.29 is 9.53 Å². The van der Waals surface area contributed by atoms with E-state index in [0.29, 0.717) is 11.2 Å². The normalized spacial score (nSPS) is 12.8. The van der Waals surface area contributed by atoms with Crippen molar-refractivity contribution in [3.8, 4) is 5.75 Å². The number of benzene rings is 1. The number of hydrogen-bond donors (Lipinski definition) is 2. The third-order valence-electron chi connectivity index (χ3n) is 3.55. The first kappa shape index (κ1) is 21.5. The molecule has 1 aromatic carbocycles. The molecule has 0 aliphatic carbocycles. The van der Waals surface area contributed by atoms with E-state index in [1.165, 1.54) is 5.56 Å². The van der Waals surface area contributed by atoms with Crippen LogP contribution < -0.4 is 15.4 Å². The lowest BCUT2D eigenvalue weighted by atomic mass is 9.82. The van der Waals surface area contributed by atoms with Gasteiger partial charge in [-0.05, 0) is 64.2 Å². The number of ether oxygens (including phenoxy) is 1. The lowest BCUT2D eigenvalue weighted by Crippen LogP contribution is -2.43. The highest BCUT2D eigenvalue weighted by Crippen LogP contribution is 2.27. The molecule has 0 unspecified atom stereocenters. The lowest BCUT2D eigenvalue weighted by molar-refractivity contribution is -0.124. The van der Waals surface area contributed by atoms with Crippen LogP contribution in [0, 0.1) is 5.41 Å². The summed E-state index contributed by atoms with van der Waals surface area (Å²) in [6.07, 6.45) is 1.10. The molecule has 25 heavy (non-hydrogen) atoms. The van der Waals surface area contributed by atoms with Gasteiger partial charge in [-0.3, -0.25) is 4.79 Å². The Balaban J connectivity index is 2.47. The van der Waals surface area contributed by atoms with Crippen LogP contribution in [0.15, 0.2) is 24.3 Å². The quantitative estimate of drug-likeness (QED) is 0.773. The Hall–Kier alpha value is -1.55. The fourth-order valence-electron chi connectivity index (χ4n) is 3.04. The largest absolute Gasteiger partial charge is 0.484 e. The lowest BCUT2D eigenvalue weighted by Gasteiger charge is -2.33. The number of nitrogens with one attached hydrogen (secondary N) is 2. The van der Waals surface area contributed by atoms with Gasteiger partial charge in [0.15, 0.2) is 6.61 Å². The van der Waals surface area contributed by atoms with Crippen LogP contribution in [0.1, 0.15) is 67.4 Å². The highest BCUT2D eigenvalue weighted by molar-refractivity contribution is 5.78. The van der Waals surface area contributed by atoms with E-state index in [4.69, 9.17) is 4.74 Å². The number of carbonyl (C=O) groups excluding carboxylic acids is 1. The van der Waals surface area contributed by atoms with Gasteiger partial charge >= 0.3 is 0 Å². The summed E-state index contributed by atoms with van der Waals surface area (Å²) in [5, 5.41) is 6.50. The molecule has 0 heterocycles. The van der Waals surface area contributed by atoms with Gasteiger partial charge in [-0.2, -0.15) is 0 Å². The zero-order valence-corrected chi connectivity index (χ0v) is 17.2. The molecule has 0 aromatic heterocycles. The van der Waals surface area contributed by atoms with Crippen LogP contribution in [0.3, 0.4) is 0 Å². The zero-order chi connectivity index (χ0) is 19.3. The maximum atomic E-state index is 11.8. The summed E-state index contributed by atoms with van der Waals surface area (Å²) in [7, 11) is 0. The molecule has 4 heteroatoms. The molecule has 0 aliphatic heterocycles. The Bertz CT molecular complexity index is 549. The Morgan fingerprint density at radius 3 is 2.00 bits per heavy atom. The van der Waals surface area contributed by atoms with Crippen molar-refractivity contribution in [1.82, 2.24) is 10.6 Å². The summed E-state index contributed by atoms with van der Waals surface area (Å²) in [6.45, 7) is 18.0. The number of rotatable bonds is 7. The second-order valence-electron chi connectivity index (χ2n) is 9.71. The molecule has 0 radical (unpaired) electrons. The molecular formula is C21H36N2O2. The minimum absolute atomic E-state index is 0.0352. The van der Waals surface area contributed by atoms with Crippen molar-refractivity contribution in [2.24, 2.45) is 5.41 Å². The van der Waals surface area contributed by atoms with Gasteiger partial charge in [-0.15, -0.1) is 0 Å². The van der Waals surface area contributed by atoms with E-state index in [1.54, 1.807) is 0 Å². The molecule has 0 fully saturated rings. The average Bonchev–Trinajstić information content (AvgIpc) is 2.40. The fourth-order valence-corrected chi connectivity index (χ4v) is 3.04. The van der Waals surface area contributed by atoms with E-state index >= 15 is 0 Å². The molecular weight excluding hydrogens is 312 g/mol. The number of amides is 1. The summed E-state index contributed by atoms with van der Waals surface area (Å²) < 4.78 is 5.55. The zero-order valence-electron chi connectivity index (χ0n) is 17.2. The molecule has 142 valence electrons. The summed E-state index contributed by atoms with van der Waals surface area (Å²) in [5.74, 6) is 0.601. The molecule has 1 aromatic rings. The first-order valence-corrected chi connectivity index (χ1v) is 9.04. The van der Waals surface area contributed by atoms with Gasteiger partial charge in [0.25, 0.3) is 5.91 Å². The summed E-state index contributed by atoms with van der Waals surface area (Å²) in [5.41, 5.74) is 1.34. The first-order chi connectivity index (χ1) is 11.3. The minimum atomic E-state index is -0.240. The van der Waals surface area contributed by atoms with Gasteiger partial charge in [0.05, 0.1) is 0 Å². The van der Waals surface area contributed by atoms with E-state index in [-0.39, 0.29) is 23.6 Å². The van der Waals surface area contributed by atoms with Crippen molar-refractivity contribution in [3.05, 3.63) is 29.8 Å². The standard InChI is InChI=1S/C21H36N2O2/c1-19(2,3)15-21(7,8)22-13-16-9-11-17(12-10-16)25-14-18(24)23-20(4,5)6/h9-12,22H,13-15H2,1-8H3,(H,23,24). The van der Waals surface area contributed by atoms with E-state index in [9.17, 15) is 4.79 Å². The summed E-state index contributed by atoms with van der Waals surface area (Å²) >= 11 is 0. The number of hydrogen-bond acceptors (Lipinski definition) is 3.